The lowest BCUT2D eigenvalue weighted by molar-refractivity contribution is 0.0535. The standard InChI is InChI=1S/C31H31FN6O3/c32-26-8-5-24(6-9-26)30(40)37-15-17-38(18-16-37)31(41)25-7-10-28(34-20-25)29(39)35-27-11-13-36(14-12-27)21-23-3-1-22(19-33)2-4-23/h1-10,20,27H,11-18,21H2,(H,35,39). The van der Waals surface area contributed by atoms with E-state index < -0.39 is 5.82 Å². The topological polar surface area (TPSA) is 110 Å². The molecule has 210 valence electrons. The van der Waals surface area contributed by atoms with Crippen LogP contribution < -0.4 is 5.32 Å². The second kappa shape index (κ2) is 12.7. The zero-order chi connectivity index (χ0) is 28.8. The molecule has 3 amide bonds. The zero-order valence-electron chi connectivity index (χ0n) is 22.6. The van der Waals surface area contributed by atoms with Gasteiger partial charge in [-0.2, -0.15) is 5.26 Å². The Bertz CT molecular complexity index is 1420. The highest BCUT2D eigenvalue weighted by Crippen LogP contribution is 2.16. The van der Waals surface area contributed by atoms with Crippen LogP contribution in [0.3, 0.4) is 0 Å². The maximum absolute atomic E-state index is 13.2. The summed E-state index contributed by atoms with van der Waals surface area (Å²) in [5.41, 5.74) is 2.87. The second-order valence-corrected chi connectivity index (χ2v) is 10.4. The van der Waals surface area contributed by atoms with E-state index in [4.69, 9.17) is 5.26 Å². The van der Waals surface area contributed by atoms with Crippen molar-refractivity contribution in [2.45, 2.75) is 25.4 Å². The summed E-state index contributed by atoms with van der Waals surface area (Å²) >= 11 is 0. The molecule has 10 heteroatoms. The summed E-state index contributed by atoms with van der Waals surface area (Å²) in [5, 5.41) is 12.0. The molecule has 2 fully saturated rings. The summed E-state index contributed by atoms with van der Waals surface area (Å²) in [6.45, 7) is 4.02. The summed E-state index contributed by atoms with van der Waals surface area (Å²) in [6, 6.07) is 18.4. The minimum Gasteiger partial charge on any atom is -0.348 e. The zero-order valence-corrected chi connectivity index (χ0v) is 22.6. The number of nitrogens with one attached hydrogen (secondary N) is 1. The van der Waals surface area contributed by atoms with Gasteiger partial charge in [-0.1, -0.05) is 12.1 Å². The smallest absolute Gasteiger partial charge is 0.270 e. The molecule has 3 aromatic rings. The summed E-state index contributed by atoms with van der Waals surface area (Å²) < 4.78 is 13.2. The first-order chi connectivity index (χ1) is 19.9. The lowest BCUT2D eigenvalue weighted by Crippen LogP contribution is -2.50. The van der Waals surface area contributed by atoms with E-state index in [2.05, 4.69) is 21.3 Å². The van der Waals surface area contributed by atoms with Crippen molar-refractivity contribution in [3.63, 3.8) is 0 Å². The molecule has 1 aromatic heterocycles. The van der Waals surface area contributed by atoms with E-state index in [1.807, 2.05) is 24.3 Å². The lowest BCUT2D eigenvalue weighted by Gasteiger charge is -2.34. The van der Waals surface area contributed by atoms with Crippen molar-refractivity contribution in [1.29, 1.82) is 5.26 Å². The molecule has 5 rings (SSSR count). The summed E-state index contributed by atoms with van der Waals surface area (Å²) in [7, 11) is 0. The van der Waals surface area contributed by atoms with Crippen molar-refractivity contribution in [2.75, 3.05) is 39.3 Å². The Labute approximate surface area is 238 Å². The molecule has 2 aromatic carbocycles. The molecule has 2 saturated heterocycles. The van der Waals surface area contributed by atoms with E-state index in [-0.39, 0.29) is 29.5 Å². The van der Waals surface area contributed by atoms with Gasteiger partial charge in [-0.15, -0.1) is 0 Å². The van der Waals surface area contributed by atoms with Crippen molar-refractivity contribution >= 4 is 17.7 Å². The van der Waals surface area contributed by atoms with Gasteiger partial charge >= 0.3 is 0 Å². The number of nitriles is 1. The van der Waals surface area contributed by atoms with Crippen molar-refractivity contribution in [3.8, 4) is 6.07 Å². The molecule has 41 heavy (non-hydrogen) atoms. The molecular weight excluding hydrogens is 523 g/mol. The fraction of sp³-hybridized carbons (Fsp3) is 0.323. The number of amides is 3. The molecular formula is C31H31FN6O3. The van der Waals surface area contributed by atoms with Crippen LogP contribution in [0.4, 0.5) is 4.39 Å². The van der Waals surface area contributed by atoms with Gasteiger partial charge in [-0.3, -0.25) is 24.3 Å². The highest BCUT2D eigenvalue weighted by Gasteiger charge is 2.26. The Morgan fingerprint density at radius 2 is 1.41 bits per heavy atom. The van der Waals surface area contributed by atoms with Gasteiger partial charge in [0, 0.05) is 63.6 Å². The van der Waals surface area contributed by atoms with E-state index in [9.17, 15) is 18.8 Å². The van der Waals surface area contributed by atoms with Crippen LogP contribution in [0, 0.1) is 17.1 Å². The summed E-state index contributed by atoms with van der Waals surface area (Å²) in [6.07, 6.45) is 3.08. The number of hydrogen-bond donors (Lipinski definition) is 1. The van der Waals surface area contributed by atoms with Crippen LogP contribution in [-0.4, -0.2) is 82.7 Å². The van der Waals surface area contributed by atoms with Gasteiger partial charge in [0.1, 0.15) is 11.5 Å². The lowest BCUT2D eigenvalue weighted by atomic mass is 10.0. The number of nitrogens with zero attached hydrogens (tertiary/aromatic N) is 5. The number of carbonyl (C=O) groups is 3. The molecule has 2 aliphatic rings. The summed E-state index contributed by atoms with van der Waals surface area (Å²) in [4.78, 5) is 48.3. The van der Waals surface area contributed by atoms with Gasteiger partial charge in [0.15, 0.2) is 0 Å². The molecule has 1 N–H and O–H groups in total. The number of piperazine rings is 1. The molecule has 9 nitrogen and oxygen atoms in total. The third-order valence-corrected chi connectivity index (χ3v) is 7.60. The number of carbonyl (C=O) groups excluding carboxylic acids is 3. The Morgan fingerprint density at radius 1 is 0.829 bits per heavy atom. The molecule has 0 bridgehead atoms. The molecule has 2 aliphatic heterocycles. The van der Waals surface area contributed by atoms with Crippen LogP contribution in [0.1, 0.15) is 55.2 Å². The molecule has 0 unspecified atom stereocenters. The third kappa shape index (κ3) is 6.94. The van der Waals surface area contributed by atoms with Crippen molar-refractivity contribution < 1.29 is 18.8 Å². The Kier molecular flexibility index (Phi) is 8.65. The number of halogens is 1. The van der Waals surface area contributed by atoms with Crippen LogP contribution in [-0.2, 0) is 6.54 Å². The number of hydrogen-bond acceptors (Lipinski definition) is 6. The van der Waals surface area contributed by atoms with Crippen LogP contribution in [0.2, 0.25) is 0 Å². The van der Waals surface area contributed by atoms with Gasteiger partial charge in [-0.05, 0) is 66.9 Å². The Balaban J connectivity index is 1.07. The largest absolute Gasteiger partial charge is 0.348 e. The molecule has 0 radical (unpaired) electrons. The third-order valence-electron chi connectivity index (χ3n) is 7.60. The minimum atomic E-state index is -0.397. The van der Waals surface area contributed by atoms with E-state index in [0.29, 0.717) is 42.9 Å². The SMILES string of the molecule is N#Cc1ccc(CN2CCC(NC(=O)c3ccc(C(=O)N4CCN(C(=O)c5ccc(F)cc5)CC4)cn3)CC2)cc1. The number of pyridine rings is 1. The average molecular weight is 555 g/mol. The molecule has 0 aliphatic carbocycles. The van der Waals surface area contributed by atoms with E-state index in [1.54, 1.807) is 21.9 Å². The second-order valence-electron chi connectivity index (χ2n) is 10.4. The van der Waals surface area contributed by atoms with Gasteiger partial charge in [0.2, 0.25) is 0 Å². The van der Waals surface area contributed by atoms with Crippen LogP contribution in [0.5, 0.6) is 0 Å². The van der Waals surface area contributed by atoms with E-state index in [1.165, 1.54) is 30.5 Å². The van der Waals surface area contributed by atoms with E-state index in [0.717, 1.165) is 38.0 Å². The quantitative estimate of drug-likeness (QED) is 0.502. The monoisotopic (exact) mass is 554 g/mol. The fourth-order valence-corrected chi connectivity index (χ4v) is 5.16. The maximum Gasteiger partial charge on any atom is 0.270 e. The maximum atomic E-state index is 13.2. The number of piperidine rings is 1. The van der Waals surface area contributed by atoms with E-state index >= 15 is 0 Å². The molecule has 0 atom stereocenters. The van der Waals surface area contributed by atoms with Crippen molar-refractivity contribution in [1.82, 2.24) is 25.0 Å². The Hall–Kier alpha value is -4.62. The van der Waals surface area contributed by atoms with Gasteiger partial charge in [0.05, 0.1) is 17.2 Å². The Morgan fingerprint density at radius 3 is 1.98 bits per heavy atom. The summed E-state index contributed by atoms with van der Waals surface area (Å²) in [5.74, 6) is -1.05. The first-order valence-electron chi connectivity index (χ1n) is 13.7. The number of rotatable bonds is 6. The molecule has 0 saturated carbocycles. The van der Waals surface area contributed by atoms with Crippen LogP contribution in [0.25, 0.3) is 0 Å². The van der Waals surface area contributed by atoms with Crippen molar-refractivity contribution in [2.24, 2.45) is 0 Å². The van der Waals surface area contributed by atoms with Gasteiger partial charge in [-0.25, -0.2) is 4.39 Å². The van der Waals surface area contributed by atoms with Crippen LogP contribution >= 0.6 is 0 Å². The first kappa shape index (κ1) is 27.9. The first-order valence-corrected chi connectivity index (χ1v) is 13.7. The highest BCUT2D eigenvalue weighted by atomic mass is 19.1. The fourth-order valence-electron chi connectivity index (χ4n) is 5.16. The molecule has 3 heterocycles. The normalized spacial score (nSPS) is 16.2. The predicted molar refractivity (Wildman–Crippen MR) is 149 cm³/mol. The van der Waals surface area contributed by atoms with Gasteiger partial charge in [0.25, 0.3) is 17.7 Å². The van der Waals surface area contributed by atoms with Gasteiger partial charge < -0.3 is 15.1 Å². The molecule has 0 spiro atoms. The number of benzene rings is 2. The predicted octanol–water partition coefficient (Wildman–Crippen LogP) is 3.08. The van der Waals surface area contributed by atoms with Crippen LogP contribution in [0.15, 0.2) is 66.9 Å². The minimum absolute atomic E-state index is 0.0525. The number of aromatic nitrogens is 1. The number of likely N-dealkylation sites (tertiary alicyclic amines) is 1. The highest BCUT2D eigenvalue weighted by molar-refractivity contribution is 5.97. The average Bonchev–Trinajstić information content (AvgIpc) is 3.02. The van der Waals surface area contributed by atoms with Crippen molar-refractivity contribution in [3.05, 3.63) is 101 Å².